The molecule has 0 saturated carbocycles. The lowest BCUT2D eigenvalue weighted by atomic mass is 10.2. The van der Waals surface area contributed by atoms with Gasteiger partial charge in [0.25, 0.3) is 0 Å². The van der Waals surface area contributed by atoms with Crippen molar-refractivity contribution < 1.29 is 9.84 Å². The average Bonchev–Trinajstić information content (AvgIpc) is 2.43. The van der Waals surface area contributed by atoms with Crippen LogP contribution < -0.4 is 10.1 Å². The number of benzene rings is 2. The summed E-state index contributed by atoms with van der Waals surface area (Å²) in [5.74, 6) is 0.552. The minimum Gasteiger partial charge on any atom is -0.503 e. The predicted octanol–water partition coefficient (Wildman–Crippen LogP) is 5.47. The van der Waals surface area contributed by atoms with Crippen molar-refractivity contribution in [1.29, 1.82) is 0 Å². The molecule has 0 aliphatic carbocycles. The summed E-state index contributed by atoms with van der Waals surface area (Å²) < 4.78 is 5.99. The van der Waals surface area contributed by atoms with Crippen molar-refractivity contribution in [3.05, 3.63) is 50.4 Å². The number of phenols is 1. The van der Waals surface area contributed by atoms with Crippen LogP contribution >= 0.6 is 39.1 Å². The molecule has 0 amide bonds. The SMILES string of the molecule is CCOc1cc(CNc2ccc(Cl)cc2Cl)cc(Br)c1O. The number of halogens is 3. The molecule has 0 radical (unpaired) electrons. The third-order valence-electron chi connectivity index (χ3n) is 2.80. The van der Waals surface area contributed by atoms with Crippen LogP contribution in [0.15, 0.2) is 34.8 Å². The summed E-state index contributed by atoms with van der Waals surface area (Å²) in [5.41, 5.74) is 1.75. The fourth-order valence-corrected chi connectivity index (χ4v) is 2.79. The zero-order chi connectivity index (χ0) is 15.4. The zero-order valence-corrected chi connectivity index (χ0v) is 14.4. The Balaban J connectivity index is 2.16. The van der Waals surface area contributed by atoms with E-state index in [0.717, 1.165) is 11.3 Å². The van der Waals surface area contributed by atoms with Crippen LogP contribution in [-0.2, 0) is 6.54 Å². The minimum atomic E-state index is 0.102. The molecule has 3 nitrogen and oxygen atoms in total. The highest BCUT2D eigenvalue weighted by Gasteiger charge is 2.09. The number of nitrogens with one attached hydrogen (secondary N) is 1. The maximum atomic E-state index is 9.88. The van der Waals surface area contributed by atoms with Crippen LogP contribution in [0.5, 0.6) is 11.5 Å². The summed E-state index contributed by atoms with van der Waals surface area (Å²) in [6.07, 6.45) is 0. The molecule has 0 aliphatic rings. The molecule has 6 heteroatoms. The first-order valence-corrected chi connectivity index (χ1v) is 7.89. The van der Waals surface area contributed by atoms with Gasteiger partial charge < -0.3 is 15.2 Å². The van der Waals surface area contributed by atoms with Crippen LogP contribution in [0.25, 0.3) is 0 Å². The molecule has 0 aromatic heterocycles. The molecule has 2 N–H and O–H groups in total. The average molecular weight is 391 g/mol. The van der Waals surface area contributed by atoms with Crippen LogP contribution in [0.1, 0.15) is 12.5 Å². The summed E-state index contributed by atoms with van der Waals surface area (Å²) in [5, 5.41) is 14.3. The summed E-state index contributed by atoms with van der Waals surface area (Å²) in [6.45, 7) is 2.89. The summed E-state index contributed by atoms with van der Waals surface area (Å²) in [6, 6.07) is 8.90. The Morgan fingerprint density at radius 3 is 2.67 bits per heavy atom. The highest BCUT2D eigenvalue weighted by Crippen LogP contribution is 2.36. The Bertz CT molecular complexity index is 650. The molecule has 21 heavy (non-hydrogen) atoms. The standard InChI is InChI=1S/C15H14BrCl2NO2/c1-2-21-14-6-9(5-11(16)15(14)20)8-19-13-4-3-10(17)7-12(13)18/h3-7,19-20H,2,8H2,1H3. The second-order valence-electron chi connectivity index (χ2n) is 4.34. The van der Waals surface area contributed by atoms with Crippen molar-refractivity contribution in [2.24, 2.45) is 0 Å². The quantitative estimate of drug-likeness (QED) is 0.710. The Labute approximate surface area is 142 Å². The molecule has 0 atom stereocenters. The smallest absolute Gasteiger partial charge is 0.172 e. The Kier molecular flexibility index (Phi) is 5.62. The van der Waals surface area contributed by atoms with Gasteiger partial charge in [-0.25, -0.2) is 0 Å². The van der Waals surface area contributed by atoms with Crippen LogP contribution in [0.2, 0.25) is 10.0 Å². The number of phenolic OH excluding ortho intramolecular Hbond substituents is 1. The molecule has 0 unspecified atom stereocenters. The van der Waals surface area contributed by atoms with Gasteiger partial charge in [0.2, 0.25) is 0 Å². The second kappa shape index (κ2) is 7.25. The first-order chi connectivity index (χ1) is 10.0. The van der Waals surface area contributed by atoms with Crippen LogP contribution in [0.4, 0.5) is 5.69 Å². The van der Waals surface area contributed by atoms with Gasteiger partial charge in [0.15, 0.2) is 11.5 Å². The van der Waals surface area contributed by atoms with E-state index in [0.29, 0.717) is 33.4 Å². The van der Waals surface area contributed by atoms with Gasteiger partial charge >= 0.3 is 0 Å². The third kappa shape index (κ3) is 4.19. The van der Waals surface area contributed by atoms with Gasteiger partial charge in [-0.2, -0.15) is 0 Å². The third-order valence-corrected chi connectivity index (χ3v) is 3.95. The number of ether oxygens (including phenoxy) is 1. The zero-order valence-electron chi connectivity index (χ0n) is 11.3. The largest absolute Gasteiger partial charge is 0.503 e. The second-order valence-corrected chi connectivity index (χ2v) is 6.03. The van der Waals surface area contributed by atoms with Crippen molar-refractivity contribution in [1.82, 2.24) is 0 Å². The van der Waals surface area contributed by atoms with Gasteiger partial charge in [-0.1, -0.05) is 23.2 Å². The molecule has 2 aromatic rings. The van der Waals surface area contributed by atoms with E-state index < -0.39 is 0 Å². The number of hydrogen-bond acceptors (Lipinski definition) is 3. The van der Waals surface area contributed by atoms with Crippen molar-refractivity contribution in [2.45, 2.75) is 13.5 Å². The predicted molar refractivity (Wildman–Crippen MR) is 90.8 cm³/mol. The lowest BCUT2D eigenvalue weighted by molar-refractivity contribution is 0.317. The Morgan fingerprint density at radius 2 is 2.00 bits per heavy atom. The maximum absolute atomic E-state index is 9.88. The maximum Gasteiger partial charge on any atom is 0.172 e. The summed E-state index contributed by atoms with van der Waals surface area (Å²) >= 11 is 15.3. The van der Waals surface area contributed by atoms with Gasteiger partial charge in [-0.15, -0.1) is 0 Å². The molecule has 0 saturated heterocycles. The number of anilines is 1. The van der Waals surface area contributed by atoms with Crippen LogP contribution in [0.3, 0.4) is 0 Å². The van der Waals surface area contributed by atoms with E-state index in [2.05, 4.69) is 21.2 Å². The normalized spacial score (nSPS) is 10.5. The molecular formula is C15H14BrCl2NO2. The Morgan fingerprint density at radius 1 is 1.24 bits per heavy atom. The molecule has 0 aliphatic heterocycles. The van der Waals surface area contributed by atoms with E-state index >= 15 is 0 Å². The van der Waals surface area contributed by atoms with Crippen LogP contribution in [0, 0.1) is 0 Å². The molecule has 112 valence electrons. The van der Waals surface area contributed by atoms with Gasteiger partial charge in [-0.05, 0) is 58.7 Å². The molecule has 2 aromatic carbocycles. The van der Waals surface area contributed by atoms with Gasteiger partial charge in [0, 0.05) is 11.6 Å². The highest BCUT2D eigenvalue weighted by molar-refractivity contribution is 9.10. The molecule has 0 fully saturated rings. The van der Waals surface area contributed by atoms with Crippen molar-refractivity contribution in [3.8, 4) is 11.5 Å². The first kappa shape index (κ1) is 16.3. The van der Waals surface area contributed by atoms with Gasteiger partial charge in [-0.3, -0.25) is 0 Å². The van der Waals surface area contributed by atoms with Crippen molar-refractivity contribution in [3.63, 3.8) is 0 Å². The van der Waals surface area contributed by atoms with E-state index in [4.69, 9.17) is 27.9 Å². The van der Waals surface area contributed by atoms with E-state index in [1.807, 2.05) is 19.1 Å². The van der Waals surface area contributed by atoms with E-state index in [9.17, 15) is 5.11 Å². The molecule has 0 heterocycles. The van der Waals surface area contributed by atoms with Crippen molar-refractivity contribution in [2.75, 3.05) is 11.9 Å². The number of rotatable bonds is 5. The molecular weight excluding hydrogens is 377 g/mol. The molecule has 0 bridgehead atoms. The van der Waals surface area contributed by atoms with Crippen molar-refractivity contribution >= 4 is 44.8 Å². The van der Waals surface area contributed by atoms with E-state index in [1.165, 1.54) is 0 Å². The number of aromatic hydroxyl groups is 1. The van der Waals surface area contributed by atoms with Gasteiger partial charge in [0.05, 0.1) is 21.8 Å². The fourth-order valence-electron chi connectivity index (χ4n) is 1.82. The minimum absolute atomic E-state index is 0.102. The lowest BCUT2D eigenvalue weighted by Gasteiger charge is -2.12. The Hall–Kier alpha value is -1.10. The lowest BCUT2D eigenvalue weighted by Crippen LogP contribution is -2.01. The van der Waals surface area contributed by atoms with Crippen LogP contribution in [-0.4, -0.2) is 11.7 Å². The number of hydrogen-bond donors (Lipinski definition) is 2. The van der Waals surface area contributed by atoms with E-state index in [1.54, 1.807) is 18.2 Å². The summed E-state index contributed by atoms with van der Waals surface area (Å²) in [7, 11) is 0. The van der Waals surface area contributed by atoms with E-state index in [-0.39, 0.29) is 5.75 Å². The monoisotopic (exact) mass is 389 g/mol. The first-order valence-electron chi connectivity index (χ1n) is 6.34. The van der Waals surface area contributed by atoms with Gasteiger partial charge in [0.1, 0.15) is 0 Å². The molecule has 2 rings (SSSR count). The molecule has 0 spiro atoms. The fraction of sp³-hybridized carbons (Fsp3) is 0.200. The topological polar surface area (TPSA) is 41.5 Å². The summed E-state index contributed by atoms with van der Waals surface area (Å²) in [4.78, 5) is 0. The highest BCUT2D eigenvalue weighted by atomic mass is 79.9.